The molecule has 150 valence electrons. The topological polar surface area (TPSA) is 0 Å². The zero-order chi connectivity index (χ0) is 20.5. The molecular weight excluding hydrogens is 324 g/mol. The average molecular weight is 367 g/mol. The van der Waals surface area contributed by atoms with Crippen molar-refractivity contribution in [1.82, 2.24) is 0 Å². The highest BCUT2D eigenvalue weighted by Crippen LogP contribution is 2.17. The standard InChI is InChI=1S/C18H18.C4H8.2C2H6.CH4/c1-5-7-8-16-12-10-13(3)17-15(6-2)11-9-14(4)18(16)17;1-3-4-2;2*1-2;/h5-12H,2-3H2,1,4H3;3H,1,4H2,2H3;2*1-2H3;1H4/b7-5-,16-8-;;;;. The van der Waals surface area contributed by atoms with Gasteiger partial charge in [-0.2, -0.15) is 0 Å². The third-order valence-corrected chi connectivity index (χ3v) is 3.50. The fraction of sp³-hybridized carbons (Fsp3) is 0.333. The fourth-order valence-corrected chi connectivity index (χ4v) is 2.31. The Hall–Kier alpha value is -2.34. The molecule has 0 aliphatic heterocycles. The van der Waals surface area contributed by atoms with E-state index in [1.54, 1.807) is 0 Å². The average Bonchev–Trinajstić information content (AvgIpc) is 2.71. The van der Waals surface area contributed by atoms with Gasteiger partial charge < -0.3 is 0 Å². The summed E-state index contributed by atoms with van der Waals surface area (Å²) in [5.74, 6) is 0. The van der Waals surface area contributed by atoms with Crippen molar-refractivity contribution in [1.29, 1.82) is 0 Å². The van der Waals surface area contributed by atoms with Gasteiger partial charge in [-0.25, -0.2) is 0 Å². The van der Waals surface area contributed by atoms with E-state index in [1.807, 2.05) is 52.8 Å². The van der Waals surface area contributed by atoms with Crippen molar-refractivity contribution >= 4 is 29.5 Å². The van der Waals surface area contributed by atoms with Crippen molar-refractivity contribution in [3.05, 3.63) is 77.2 Å². The highest BCUT2D eigenvalue weighted by molar-refractivity contribution is 5.94. The Bertz CT molecular complexity index is 789. The summed E-state index contributed by atoms with van der Waals surface area (Å²) in [4.78, 5) is 0. The smallest absolute Gasteiger partial charge is 0.00363 e. The van der Waals surface area contributed by atoms with Crippen LogP contribution in [0.15, 0.2) is 55.7 Å². The van der Waals surface area contributed by atoms with Crippen LogP contribution in [0.3, 0.4) is 0 Å². The van der Waals surface area contributed by atoms with Crippen LogP contribution in [0.5, 0.6) is 0 Å². The zero-order valence-electron chi connectivity index (χ0n) is 18.0. The summed E-state index contributed by atoms with van der Waals surface area (Å²) < 4.78 is 0. The Balaban J connectivity index is -0.000000557. The molecule has 0 heterocycles. The summed E-state index contributed by atoms with van der Waals surface area (Å²) in [7, 11) is 0. The molecule has 2 rings (SSSR count). The Morgan fingerprint density at radius 2 is 1.48 bits per heavy atom. The number of fused-ring (bicyclic) bond motifs is 1. The van der Waals surface area contributed by atoms with Gasteiger partial charge in [-0.15, -0.1) is 6.58 Å². The molecule has 2 aromatic rings. The molecular formula is C27H42. The highest BCUT2D eigenvalue weighted by atomic mass is 14.1. The molecule has 0 aliphatic rings. The van der Waals surface area contributed by atoms with Crippen LogP contribution >= 0.6 is 0 Å². The van der Waals surface area contributed by atoms with Gasteiger partial charge in [0.2, 0.25) is 0 Å². The lowest BCUT2D eigenvalue weighted by atomic mass is 9.97. The molecule has 0 bridgehead atoms. The summed E-state index contributed by atoms with van der Waals surface area (Å²) in [6.45, 7) is 25.7. The second-order valence-electron chi connectivity index (χ2n) is 5.13. The molecule has 0 nitrogen and oxygen atoms in total. The Morgan fingerprint density at radius 3 is 1.93 bits per heavy atom. The van der Waals surface area contributed by atoms with Crippen molar-refractivity contribution in [3.63, 3.8) is 0 Å². The monoisotopic (exact) mass is 366 g/mol. The van der Waals surface area contributed by atoms with Crippen molar-refractivity contribution in [2.45, 2.75) is 62.3 Å². The molecule has 27 heavy (non-hydrogen) atoms. The van der Waals surface area contributed by atoms with Crippen LogP contribution in [-0.4, -0.2) is 0 Å². The van der Waals surface area contributed by atoms with Gasteiger partial charge in [0.05, 0.1) is 0 Å². The van der Waals surface area contributed by atoms with E-state index in [2.05, 4.69) is 70.0 Å². The minimum atomic E-state index is 0. The van der Waals surface area contributed by atoms with Gasteiger partial charge in [0, 0.05) is 0 Å². The fourth-order valence-electron chi connectivity index (χ4n) is 2.31. The molecule has 0 N–H and O–H groups in total. The SMILES string of the molecule is C.C=CCC.C=Cc1ccc(C)c2/c(=C\C=C/C)ccc(=C)c12.CC.CC. The minimum absolute atomic E-state index is 0. The molecule has 0 aromatic heterocycles. The molecule has 0 aliphatic carbocycles. The van der Waals surface area contributed by atoms with E-state index in [4.69, 9.17) is 0 Å². The lowest BCUT2D eigenvalue weighted by Gasteiger charge is -2.07. The molecule has 0 saturated heterocycles. The lowest BCUT2D eigenvalue weighted by Crippen LogP contribution is -2.12. The predicted molar refractivity (Wildman–Crippen MR) is 133 cm³/mol. The van der Waals surface area contributed by atoms with Crippen LogP contribution in [0.1, 0.15) is 66.5 Å². The molecule has 0 heteroatoms. The summed E-state index contributed by atoms with van der Waals surface area (Å²) in [6, 6.07) is 8.46. The summed E-state index contributed by atoms with van der Waals surface area (Å²) in [6.07, 6.45) is 11.1. The maximum Gasteiger partial charge on any atom is -0.00363 e. The summed E-state index contributed by atoms with van der Waals surface area (Å²) >= 11 is 0. The Morgan fingerprint density at radius 1 is 0.926 bits per heavy atom. The van der Waals surface area contributed by atoms with Gasteiger partial charge in [-0.05, 0) is 52.6 Å². The summed E-state index contributed by atoms with van der Waals surface area (Å²) in [5, 5.41) is 4.78. The van der Waals surface area contributed by atoms with Crippen molar-refractivity contribution in [2.24, 2.45) is 0 Å². The van der Waals surface area contributed by atoms with Crippen LogP contribution in [0.25, 0.3) is 29.5 Å². The van der Waals surface area contributed by atoms with Gasteiger partial charge in [0.1, 0.15) is 0 Å². The van der Waals surface area contributed by atoms with E-state index in [0.29, 0.717) is 0 Å². The van der Waals surface area contributed by atoms with E-state index in [9.17, 15) is 0 Å². The number of hydrogen-bond acceptors (Lipinski definition) is 0. The van der Waals surface area contributed by atoms with Gasteiger partial charge in [-0.3, -0.25) is 0 Å². The van der Waals surface area contributed by atoms with E-state index >= 15 is 0 Å². The van der Waals surface area contributed by atoms with E-state index in [0.717, 1.165) is 17.2 Å². The third kappa shape index (κ3) is 9.24. The van der Waals surface area contributed by atoms with Crippen molar-refractivity contribution in [3.8, 4) is 0 Å². The molecule has 0 saturated carbocycles. The van der Waals surface area contributed by atoms with Crippen molar-refractivity contribution in [2.75, 3.05) is 0 Å². The third-order valence-electron chi connectivity index (χ3n) is 3.50. The van der Waals surface area contributed by atoms with Gasteiger partial charge in [0.15, 0.2) is 0 Å². The second kappa shape index (κ2) is 18.5. The lowest BCUT2D eigenvalue weighted by molar-refractivity contribution is 1.23. The summed E-state index contributed by atoms with van der Waals surface area (Å²) in [5.41, 5.74) is 2.42. The van der Waals surface area contributed by atoms with Crippen LogP contribution in [-0.2, 0) is 0 Å². The molecule has 0 radical (unpaired) electrons. The zero-order valence-corrected chi connectivity index (χ0v) is 18.0. The molecule has 0 unspecified atom stereocenters. The Kier molecular flexibility index (Phi) is 20.1. The number of hydrogen-bond donors (Lipinski definition) is 0. The first-order valence-corrected chi connectivity index (χ1v) is 9.68. The number of benzene rings is 2. The second-order valence-corrected chi connectivity index (χ2v) is 5.13. The van der Waals surface area contributed by atoms with Gasteiger partial charge >= 0.3 is 0 Å². The Labute approximate surface area is 169 Å². The van der Waals surface area contributed by atoms with Crippen molar-refractivity contribution < 1.29 is 0 Å². The number of allylic oxidation sites excluding steroid dienone is 3. The first-order valence-electron chi connectivity index (χ1n) is 9.68. The van der Waals surface area contributed by atoms with Gasteiger partial charge in [0.25, 0.3) is 0 Å². The molecule has 0 fully saturated rings. The first kappa shape index (κ1) is 29.4. The normalized spacial score (nSPS) is 9.67. The van der Waals surface area contributed by atoms with Crippen LogP contribution in [0.2, 0.25) is 0 Å². The molecule has 2 aromatic carbocycles. The van der Waals surface area contributed by atoms with E-state index in [1.165, 1.54) is 21.6 Å². The minimum Gasteiger partial charge on any atom is -0.103 e. The van der Waals surface area contributed by atoms with Crippen LogP contribution < -0.4 is 10.4 Å². The quantitative estimate of drug-likeness (QED) is 0.485. The highest BCUT2D eigenvalue weighted by Gasteiger charge is 2.03. The number of rotatable bonds is 3. The largest absolute Gasteiger partial charge is 0.103 e. The molecule has 0 spiro atoms. The first-order chi connectivity index (χ1) is 12.6. The van der Waals surface area contributed by atoms with E-state index in [-0.39, 0.29) is 7.43 Å². The number of aryl methyl sites for hydroxylation is 1. The van der Waals surface area contributed by atoms with Crippen LogP contribution in [0, 0.1) is 6.92 Å². The predicted octanol–water partition coefficient (Wildman–Crippen LogP) is 7.83. The van der Waals surface area contributed by atoms with E-state index < -0.39 is 0 Å². The maximum atomic E-state index is 4.14. The molecule has 0 amide bonds. The molecule has 0 atom stereocenters. The maximum absolute atomic E-state index is 4.14. The van der Waals surface area contributed by atoms with Crippen LogP contribution in [0.4, 0.5) is 0 Å². The van der Waals surface area contributed by atoms with Gasteiger partial charge in [-0.1, -0.05) is 110 Å².